The van der Waals surface area contributed by atoms with E-state index in [1.165, 1.54) is 7.11 Å². The standard InChI is InChI=1S/C13H24N2O5/c1-6-14-10(16)8-7-9(11(17)19-5)15-12(18)20-13(2,3)4/h9H,6-8H2,1-5H3,(H,14,16)(H,15,18)/t9-/m0/s1. The third kappa shape index (κ3) is 8.34. The maximum atomic E-state index is 11.6. The van der Waals surface area contributed by atoms with E-state index in [0.29, 0.717) is 6.54 Å². The molecule has 20 heavy (non-hydrogen) atoms. The number of hydrogen-bond acceptors (Lipinski definition) is 5. The first-order valence-electron chi connectivity index (χ1n) is 6.53. The molecule has 0 rings (SSSR count). The predicted molar refractivity (Wildman–Crippen MR) is 73.1 cm³/mol. The first-order valence-corrected chi connectivity index (χ1v) is 6.53. The number of alkyl carbamates (subject to hydrolysis) is 1. The van der Waals surface area contributed by atoms with Crippen molar-refractivity contribution in [3.8, 4) is 0 Å². The van der Waals surface area contributed by atoms with Crippen LogP contribution in [0.25, 0.3) is 0 Å². The summed E-state index contributed by atoms with van der Waals surface area (Å²) >= 11 is 0. The second-order valence-electron chi connectivity index (χ2n) is 5.21. The van der Waals surface area contributed by atoms with Crippen LogP contribution in [0.3, 0.4) is 0 Å². The van der Waals surface area contributed by atoms with Gasteiger partial charge in [0.2, 0.25) is 5.91 Å². The van der Waals surface area contributed by atoms with Crippen molar-refractivity contribution < 1.29 is 23.9 Å². The van der Waals surface area contributed by atoms with Crippen LogP contribution in [0.1, 0.15) is 40.5 Å². The maximum Gasteiger partial charge on any atom is 0.408 e. The summed E-state index contributed by atoms with van der Waals surface area (Å²) in [7, 11) is 1.22. The van der Waals surface area contributed by atoms with Gasteiger partial charge in [0.05, 0.1) is 7.11 Å². The van der Waals surface area contributed by atoms with Crippen LogP contribution in [0, 0.1) is 0 Å². The number of ether oxygens (including phenoxy) is 2. The van der Waals surface area contributed by atoms with Crippen LogP contribution in [-0.2, 0) is 19.1 Å². The summed E-state index contributed by atoms with van der Waals surface area (Å²) in [5, 5.41) is 5.02. The van der Waals surface area contributed by atoms with Gasteiger partial charge < -0.3 is 20.1 Å². The zero-order chi connectivity index (χ0) is 15.8. The number of carbonyl (C=O) groups excluding carboxylic acids is 3. The molecule has 0 unspecified atom stereocenters. The van der Waals surface area contributed by atoms with Gasteiger partial charge in [-0.2, -0.15) is 0 Å². The van der Waals surface area contributed by atoms with Crippen LogP contribution >= 0.6 is 0 Å². The molecule has 0 aliphatic rings. The zero-order valence-electron chi connectivity index (χ0n) is 12.7. The zero-order valence-corrected chi connectivity index (χ0v) is 12.7. The monoisotopic (exact) mass is 288 g/mol. The largest absolute Gasteiger partial charge is 0.467 e. The second kappa shape index (κ2) is 8.39. The fourth-order valence-electron chi connectivity index (χ4n) is 1.40. The lowest BCUT2D eigenvalue weighted by atomic mass is 10.1. The summed E-state index contributed by atoms with van der Waals surface area (Å²) in [5.41, 5.74) is -0.662. The van der Waals surface area contributed by atoms with Crippen molar-refractivity contribution in [2.75, 3.05) is 13.7 Å². The SMILES string of the molecule is CCNC(=O)CC[C@H](NC(=O)OC(C)(C)C)C(=O)OC. The Labute approximate surface area is 119 Å². The highest BCUT2D eigenvalue weighted by molar-refractivity contribution is 5.82. The van der Waals surface area contributed by atoms with Crippen LogP contribution in [0.5, 0.6) is 0 Å². The molecule has 0 aromatic rings. The topological polar surface area (TPSA) is 93.7 Å². The highest BCUT2D eigenvalue weighted by atomic mass is 16.6. The lowest BCUT2D eigenvalue weighted by Gasteiger charge is -2.22. The van der Waals surface area contributed by atoms with E-state index in [4.69, 9.17) is 4.74 Å². The Bertz CT molecular complexity index is 349. The van der Waals surface area contributed by atoms with Gasteiger partial charge in [0.15, 0.2) is 0 Å². The number of esters is 1. The molecule has 0 aromatic carbocycles. The molecule has 2 N–H and O–H groups in total. The molecule has 0 aromatic heterocycles. The Balaban J connectivity index is 4.46. The number of hydrogen-bond donors (Lipinski definition) is 2. The number of rotatable bonds is 6. The van der Waals surface area contributed by atoms with Gasteiger partial charge >= 0.3 is 12.1 Å². The van der Waals surface area contributed by atoms with Gasteiger partial charge in [-0.1, -0.05) is 0 Å². The molecule has 0 saturated carbocycles. The summed E-state index contributed by atoms with van der Waals surface area (Å²) in [5.74, 6) is -0.799. The number of methoxy groups -OCH3 is 1. The Morgan fingerprint density at radius 3 is 2.25 bits per heavy atom. The van der Waals surface area contributed by atoms with Crippen LogP contribution in [-0.4, -0.2) is 43.3 Å². The van der Waals surface area contributed by atoms with E-state index in [1.54, 1.807) is 27.7 Å². The summed E-state index contributed by atoms with van der Waals surface area (Å²) in [4.78, 5) is 34.5. The Morgan fingerprint density at radius 2 is 1.80 bits per heavy atom. The van der Waals surface area contributed by atoms with Crippen molar-refractivity contribution in [1.29, 1.82) is 0 Å². The minimum Gasteiger partial charge on any atom is -0.467 e. The van der Waals surface area contributed by atoms with E-state index in [9.17, 15) is 14.4 Å². The lowest BCUT2D eigenvalue weighted by molar-refractivity contribution is -0.143. The molecule has 7 heteroatoms. The molecule has 116 valence electrons. The third-order valence-electron chi connectivity index (χ3n) is 2.21. The van der Waals surface area contributed by atoms with Gasteiger partial charge in [0.1, 0.15) is 11.6 Å². The number of carbonyl (C=O) groups is 3. The van der Waals surface area contributed by atoms with Crippen molar-refractivity contribution in [3.05, 3.63) is 0 Å². The second-order valence-corrected chi connectivity index (χ2v) is 5.21. The Hall–Kier alpha value is -1.79. The van der Waals surface area contributed by atoms with Crippen molar-refractivity contribution in [3.63, 3.8) is 0 Å². The number of nitrogens with one attached hydrogen (secondary N) is 2. The molecule has 2 amide bonds. The molecule has 0 bridgehead atoms. The van der Waals surface area contributed by atoms with Crippen molar-refractivity contribution in [2.45, 2.75) is 52.2 Å². The van der Waals surface area contributed by atoms with Gasteiger partial charge in [-0.15, -0.1) is 0 Å². The quantitative estimate of drug-likeness (QED) is 0.710. The Kier molecular flexibility index (Phi) is 7.64. The van der Waals surface area contributed by atoms with Gasteiger partial charge in [-0.3, -0.25) is 4.79 Å². The maximum absolute atomic E-state index is 11.6. The van der Waals surface area contributed by atoms with Crippen LogP contribution in [0.2, 0.25) is 0 Å². The normalized spacial score (nSPS) is 12.2. The van der Waals surface area contributed by atoms with Crippen LogP contribution in [0.4, 0.5) is 4.79 Å². The molecule has 0 aliphatic heterocycles. The summed E-state index contributed by atoms with van der Waals surface area (Å²) < 4.78 is 9.65. The first-order chi connectivity index (χ1) is 9.19. The van der Waals surface area contributed by atoms with E-state index >= 15 is 0 Å². The smallest absolute Gasteiger partial charge is 0.408 e. The average Bonchev–Trinajstić information content (AvgIpc) is 2.31. The van der Waals surface area contributed by atoms with Crippen molar-refractivity contribution in [1.82, 2.24) is 10.6 Å². The van der Waals surface area contributed by atoms with E-state index in [2.05, 4.69) is 15.4 Å². The Morgan fingerprint density at radius 1 is 1.20 bits per heavy atom. The van der Waals surface area contributed by atoms with Crippen LogP contribution < -0.4 is 10.6 Å². The molecule has 0 heterocycles. The van der Waals surface area contributed by atoms with E-state index in [1.807, 2.05) is 0 Å². The summed E-state index contributed by atoms with van der Waals surface area (Å²) in [6.07, 6.45) is -0.454. The van der Waals surface area contributed by atoms with E-state index < -0.39 is 23.7 Å². The molecular weight excluding hydrogens is 264 g/mol. The highest BCUT2D eigenvalue weighted by Gasteiger charge is 2.25. The molecule has 1 atom stereocenters. The summed E-state index contributed by atoms with van der Waals surface area (Å²) in [6, 6.07) is -0.905. The minimum absolute atomic E-state index is 0.114. The first kappa shape index (κ1) is 18.2. The third-order valence-corrected chi connectivity index (χ3v) is 2.21. The molecule has 7 nitrogen and oxygen atoms in total. The van der Waals surface area contributed by atoms with Gasteiger partial charge in [-0.25, -0.2) is 9.59 Å². The summed E-state index contributed by atoms with van der Waals surface area (Å²) in [6.45, 7) is 7.47. The van der Waals surface area contributed by atoms with Gasteiger partial charge in [0, 0.05) is 13.0 Å². The molecule has 0 saturated heterocycles. The van der Waals surface area contributed by atoms with Crippen molar-refractivity contribution in [2.24, 2.45) is 0 Å². The van der Waals surface area contributed by atoms with Gasteiger partial charge in [0.25, 0.3) is 0 Å². The molecule has 0 fully saturated rings. The fourth-order valence-corrected chi connectivity index (χ4v) is 1.40. The van der Waals surface area contributed by atoms with E-state index in [-0.39, 0.29) is 18.7 Å². The predicted octanol–water partition coefficient (Wildman–Crippen LogP) is 0.969. The fraction of sp³-hybridized carbons (Fsp3) is 0.769. The molecular formula is C13H24N2O5. The minimum atomic E-state index is -0.905. The molecule has 0 radical (unpaired) electrons. The van der Waals surface area contributed by atoms with Crippen LogP contribution in [0.15, 0.2) is 0 Å². The molecule has 0 spiro atoms. The van der Waals surface area contributed by atoms with E-state index in [0.717, 1.165) is 0 Å². The van der Waals surface area contributed by atoms with Crippen molar-refractivity contribution >= 4 is 18.0 Å². The lowest BCUT2D eigenvalue weighted by Crippen LogP contribution is -2.44. The van der Waals surface area contributed by atoms with Gasteiger partial charge in [-0.05, 0) is 34.1 Å². The number of amides is 2. The molecule has 0 aliphatic carbocycles. The highest BCUT2D eigenvalue weighted by Crippen LogP contribution is 2.08. The average molecular weight is 288 g/mol.